The molecule has 166 valence electrons. The van der Waals surface area contributed by atoms with Gasteiger partial charge in [0.1, 0.15) is 5.25 Å². The summed E-state index contributed by atoms with van der Waals surface area (Å²) in [6, 6.07) is 25.6. The number of nitrogens with one attached hydrogen (secondary N) is 3. The van der Waals surface area contributed by atoms with Gasteiger partial charge < -0.3 is 16.0 Å². The van der Waals surface area contributed by atoms with Gasteiger partial charge in [-0.25, -0.2) is 4.98 Å². The molecule has 0 spiro atoms. The number of nitrogens with zero attached hydrogens (tertiary/aromatic N) is 1. The number of amides is 1. The smallest absolute Gasteiger partial charge is 0.244 e. The van der Waals surface area contributed by atoms with E-state index in [0.29, 0.717) is 10.2 Å². The van der Waals surface area contributed by atoms with E-state index in [9.17, 15) is 4.79 Å². The lowest BCUT2D eigenvalue weighted by Gasteiger charge is -2.17. The summed E-state index contributed by atoms with van der Waals surface area (Å²) in [7, 11) is 0. The van der Waals surface area contributed by atoms with Crippen LogP contribution < -0.4 is 16.0 Å². The average Bonchev–Trinajstić information content (AvgIpc) is 3.33. The molecular formula is C25H22N4OS3. The molecule has 0 aliphatic rings. The van der Waals surface area contributed by atoms with Gasteiger partial charge in [-0.2, -0.15) is 0 Å². The third-order valence-electron chi connectivity index (χ3n) is 4.66. The first-order valence-corrected chi connectivity index (χ1v) is 12.4. The Kier molecular flexibility index (Phi) is 7.72. The Morgan fingerprint density at radius 1 is 0.939 bits per heavy atom. The highest BCUT2D eigenvalue weighted by atomic mass is 32.2. The normalized spacial score (nSPS) is 11.4. The molecule has 5 nitrogen and oxygen atoms in total. The van der Waals surface area contributed by atoms with Crippen molar-refractivity contribution in [2.24, 2.45) is 0 Å². The molecule has 0 bridgehead atoms. The van der Waals surface area contributed by atoms with Gasteiger partial charge in [0.15, 0.2) is 10.2 Å². The molecule has 0 radical (unpaired) electrons. The van der Waals surface area contributed by atoms with Crippen molar-refractivity contribution in [1.29, 1.82) is 0 Å². The maximum Gasteiger partial charge on any atom is 0.244 e. The Labute approximate surface area is 206 Å². The van der Waals surface area contributed by atoms with Crippen molar-refractivity contribution in [2.45, 2.75) is 17.1 Å². The summed E-state index contributed by atoms with van der Waals surface area (Å²) in [5.41, 5.74) is 3.88. The standard InChI is InChI=1S/C25H22N4OS3/c1-17-10-12-19(13-11-17)27-24(31)28-20-8-5-9-21(16-20)33-22(18-6-3-2-4-7-18)23(30)29-25-26-14-15-32-25/h2-16,22H,1H3,(H,26,29,30)(H2,27,28,31). The van der Waals surface area contributed by atoms with Crippen molar-refractivity contribution >= 4 is 62.8 Å². The first kappa shape index (κ1) is 23.0. The molecule has 4 aromatic rings. The summed E-state index contributed by atoms with van der Waals surface area (Å²) in [4.78, 5) is 18.2. The summed E-state index contributed by atoms with van der Waals surface area (Å²) in [6.07, 6.45) is 1.67. The van der Waals surface area contributed by atoms with Crippen LogP contribution >= 0.6 is 35.3 Å². The predicted molar refractivity (Wildman–Crippen MR) is 143 cm³/mol. The van der Waals surface area contributed by atoms with Crippen LogP contribution in [-0.2, 0) is 4.79 Å². The number of thiocarbonyl (C=S) groups is 1. The molecule has 4 rings (SSSR count). The Balaban J connectivity index is 1.47. The number of hydrogen-bond acceptors (Lipinski definition) is 5. The number of thioether (sulfide) groups is 1. The molecule has 1 atom stereocenters. The Bertz CT molecular complexity index is 1210. The lowest BCUT2D eigenvalue weighted by molar-refractivity contribution is -0.115. The van der Waals surface area contributed by atoms with Gasteiger partial charge in [-0.1, -0.05) is 54.1 Å². The van der Waals surface area contributed by atoms with Crippen LogP contribution in [0, 0.1) is 6.92 Å². The van der Waals surface area contributed by atoms with E-state index in [0.717, 1.165) is 21.8 Å². The van der Waals surface area contributed by atoms with E-state index in [1.807, 2.05) is 91.2 Å². The van der Waals surface area contributed by atoms with Crippen LogP contribution in [0.15, 0.2) is 95.3 Å². The lowest BCUT2D eigenvalue weighted by atomic mass is 10.1. The zero-order valence-electron chi connectivity index (χ0n) is 17.8. The number of anilines is 3. The summed E-state index contributed by atoms with van der Waals surface area (Å²) in [6.45, 7) is 2.05. The summed E-state index contributed by atoms with van der Waals surface area (Å²) >= 11 is 8.34. The van der Waals surface area contributed by atoms with Crippen LogP contribution in [0.3, 0.4) is 0 Å². The van der Waals surface area contributed by atoms with Crippen molar-refractivity contribution in [1.82, 2.24) is 4.98 Å². The quantitative estimate of drug-likeness (QED) is 0.197. The van der Waals surface area contributed by atoms with E-state index in [-0.39, 0.29) is 5.91 Å². The van der Waals surface area contributed by atoms with Crippen molar-refractivity contribution in [3.8, 4) is 0 Å². The van der Waals surface area contributed by atoms with Crippen LogP contribution in [0.25, 0.3) is 0 Å². The number of carbonyl (C=O) groups excluding carboxylic acids is 1. The maximum absolute atomic E-state index is 13.1. The van der Waals surface area contributed by atoms with E-state index in [1.54, 1.807) is 6.20 Å². The molecule has 1 unspecified atom stereocenters. The molecule has 1 aromatic heterocycles. The average molecular weight is 491 g/mol. The summed E-state index contributed by atoms with van der Waals surface area (Å²) in [5, 5.41) is 11.8. The van der Waals surface area contributed by atoms with Gasteiger partial charge in [0.05, 0.1) is 0 Å². The minimum absolute atomic E-state index is 0.115. The fraction of sp³-hybridized carbons (Fsp3) is 0.0800. The fourth-order valence-corrected chi connectivity index (χ4v) is 4.92. The predicted octanol–water partition coefficient (Wildman–Crippen LogP) is 6.73. The fourth-order valence-electron chi connectivity index (χ4n) is 3.07. The van der Waals surface area contributed by atoms with Crippen molar-refractivity contribution in [3.63, 3.8) is 0 Å². The van der Waals surface area contributed by atoms with Crippen LogP contribution in [0.2, 0.25) is 0 Å². The van der Waals surface area contributed by atoms with E-state index in [1.165, 1.54) is 28.7 Å². The minimum Gasteiger partial charge on any atom is -0.332 e. The number of carbonyl (C=O) groups is 1. The van der Waals surface area contributed by atoms with Gasteiger partial charge >= 0.3 is 0 Å². The van der Waals surface area contributed by atoms with E-state index < -0.39 is 5.25 Å². The highest BCUT2D eigenvalue weighted by Gasteiger charge is 2.23. The summed E-state index contributed by atoms with van der Waals surface area (Å²) < 4.78 is 0. The molecule has 33 heavy (non-hydrogen) atoms. The molecule has 0 aliphatic heterocycles. The van der Waals surface area contributed by atoms with Gasteiger partial charge in [-0.15, -0.1) is 23.1 Å². The second kappa shape index (κ2) is 11.1. The van der Waals surface area contributed by atoms with Crippen LogP contribution in [-0.4, -0.2) is 16.0 Å². The van der Waals surface area contributed by atoms with Gasteiger partial charge in [-0.3, -0.25) is 4.79 Å². The third kappa shape index (κ3) is 6.64. The largest absolute Gasteiger partial charge is 0.332 e. The molecule has 8 heteroatoms. The molecule has 0 saturated carbocycles. The van der Waals surface area contributed by atoms with Crippen LogP contribution in [0.5, 0.6) is 0 Å². The summed E-state index contributed by atoms with van der Waals surface area (Å²) in [5.74, 6) is -0.115. The minimum atomic E-state index is -0.428. The monoisotopic (exact) mass is 490 g/mol. The van der Waals surface area contributed by atoms with E-state index >= 15 is 0 Å². The Morgan fingerprint density at radius 3 is 2.42 bits per heavy atom. The maximum atomic E-state index is 13.1. The van der Waals surface area contributed by atoms with E-state index in [4.69, 9.17) is 12.2 Å². The first-order chi connectivity index (χ1) is 16.1. The molecule has 0 aliphatic carbocycles. The lowest BCUT2D eigenvalue weighted by Crippen LogP contribution is -2.19. The Hall–Kier alpha value is -3.20. The van der Waals surface area contributed by atoms with Crippen molar-refractivity contribution in [2.75, 3.05) is 16.0 Å². The van der Waals surface area contributed by atoms with Gasteiger partial charge in [0.2, 0.25) is 5.91 Å². The Morgan fingerprint density at radius 2 is 1.70 bits per heavy atom. The number of thiazole rings is 1. The zero-order chi connectivity index (χ0) is 23.0. The number of hydrogen-bond donors (Lipinski definition) is 3. The van der Waals surface area contributed by atoms with Gasteiger partial charge in [0, 0.05) is 27.8 Å². The molecule has 0 saturated heterocycles. The molecule has 3 aromatic carbocycles. The van der Waals surface area contributed by atoms with Crippen LogP contribution in [0.1, 0.15) is 16.4 Å². The highest BCUT2D eigenvalue weighted by molar-refractivity contribution is 8.00. The second-order valence-electron chi connectivity index (χ2n) is 7.21. The molecule has 1 heterocycles. The SMILES string of the molecule is Cc1ccc(NC(=S)Nc2cccc(SC(C(=O)Nc3nccs3)c3ccccc3)c2)cc1. The second-order valence-corrected chi connectivity index (χ2v) is 9.69. The third-order valence-corrected chi connectivity index (χ3v) is 6.80. The van der Waals surface area contributed by atoms with Gasteiger partial charge in [-0.05, 0) is 55.0 Å². The first-order valence-electron chi connectivity index (χ1n) is 10.2. The molecule has 1 amide bonds. The highest BCUT2D eigenvalue weighted by Crippen LogP contribution is 2.37. The number of rotatable bonds is 7. The van der Waals surface area contributed by atoms with Crippen LogP contribution in [0.4, 0.5) is 16.5 Å². The number of benzene rings is 3. The zero-order valence-corrected chi connectivity index (χ0v) is 20.3. The van der Waals surface area contributed by atoms with Crippen molar-refractivity contribution < 1.29 is 4.79 Å². The molecule has 3 N–H and O–H groups in total. The number of aromatic nitrogens is 1. The van der Waals surface area contributed by atoms with E-state index in [2.05, 4.69) is 20.9 Å². The number of aryl methyl sites for hydroxylation is 1. The molecule has 0 fully saturated rings. The van der Waals surface area contributed by atoms with Gasteiger partial charge in [0.25, 0.3) is 0 Å². The topological polar surface area (TPSA) is 66.0 Å². The molecular weight excluding hydrogens is 469 g/mol. The van der Waals surface area contributed by atoms with Crippen molar-refractivity contribution in [3.05, 3.63) is 102 Å².